The molecule has 1 aromatic carbocycles. The number of esters is 1. The van der Waals surface area contributed by atoms with Gasteiger partial charge in [-0.3, -0.25) is 9.88 Å². The maximum atomic E-state index is 12.0. The number of carbonyl (C=O) groups is 1. The molecule has 35 heavy (non-hydrogen) atoms. The van der Waals surface area contributed by atoms with Gasteiger partial charge in [-0.05, 0) is 48.6 Å². The largest absolute Gasteiger partial charge is 0.465 e. The molecule has 2 fully saturated rings. The number of pyridine rings is 1. The number of methoxy groups -OCH3 is 1. The zero-order chi connectivity index (χ0) is 24.2. The summed E-state index contributed by atoms with van der Waals surface area (Å²) < 4.78 is 16.7. The van der Waals surface area contributed by atoms with E-state index in [1.165, 1.54) is 7.11 Å². The molecule has 2 atom stereocenters. The Balaban J connectivity index is 1.44. The smallest absolute Gasteiger partial charge is 0.337 e. The van der Waals surface area contributed by atoms with Crippen molar-refractivity contribution in [2.75, 3.05) is 46.5 Å². The number of nitrogens with zero attached hydrogens (tertiary/aromatic N) is 3. The summed E-state index contributed by atoms with van der Waals surface area (Å²) in [7, 11) is 1.37. The van der Waals surface area contributed by atoms with Crippen molar-refractivity contribution in [2.45, 2.75) is 12.1 Å². The van der Waals surface area contributed by atoms with Gasteiger partial charge in [-0.2, -0.15) is 0 Å². The molecule has 2 saturated heterocycles. The van der Waals surface area contributed by atoms with Crippen LogP contribution in [0.1, 0.15) is 33.9 Å². The third-order valence-electron chi connectivity index (χ3n) is 6.45. The van der Waals surface area contributed by atoms with Crippen LogP contribution < -0.4 is 5.32 Å². The summed E-state index contributed by atoms with van der Waals surface area (Å²) in [5.41, 5.74) is 2.19. The van der Waals surface area contributed by atoms with E-state index in [1.54, 1.807) is 18.3 Å². The van der Waals surface area contributed by atoms with Gasteiger partial charge in [0.25, 0.3) is 0 Å². The molecule has 0 saturated carbocycles. The van der Waals surface area contributed by atoms with E-state index in [1.807, 2.05) is 42.5 Å². The molecule has 8 nitrogen and oxygen atoms in total. The number of furan rings is 1. The highest BCUT2D eigenvalue weighted by Crippen LogP contribution is 2.40. The number of ether oxygens (including phenoxy) is 2. The highest BCUT2D eigenvalue weighted by Gasteiger charge is 2.41. The lowest BCUT2D eigenvalue weighted by atomic mass is 10.0. The number of aromatic nitrogens is 1. The molecule has 2 aromatic heterocycles. The first-order chi connectivity index (χ1) is 17.1. The summed E-state index contributed by atoms with van der Waals surface area (Å²) in [6.07, 6.45) is 1.79. The Morgan fingerprint density at radius 3 is 2.77 bits per heavy atom. The Hall–Kier alpha value is -3.27. The van der Waals surface area contributed by atoms with E-state index in [0.29, 0.717) is 16.4 Å². The van der Waals surface area contributed by atoms with Gasteiger partial charge < -0.3 is 24.1 Å². The van der Waals surface area contributed by atoms with Gasteiger partial charge in [0.2, 0.25) is 0 Å². The highest BCUT2D eigenvalue weighted by atomic mass is 32.1. The summed E-state index contributed by atoms with van der Waals surface area (Å²) in [4.78, 5) is 21.2. The lowest BCUT2D eigenvalue weighted by Gasteiger charge is -2.31. The Kier molecular flexibility index (Phi) is 7.08. The lowest BCUT2D eigenvalue weighted by Crippen LogP contribution is -2.42. The van der Waals surface area contributed by atoms with Crippen molar-refractivity contribution in [1.82, 2.24) is 20.1 Å². The van der Waals surface area contributed by atoms with Crippen LogP contribution >= 0.6 is 12.2 Å². The number of hydrogen-bond acceptors (Lipinski definition) is 7. The van der Waals surface area contributed by atoms with E-state index < -0.39 is 0 Å². The second kappa shape index (κ2) is 10.6. The summed E-state index contributed by atoms with van der Waals surface area (Å²) in [5.74, 6) is 1.08. The molecule has 0 radical (unpaired) electrons. The van der Waals surface area contributed by atoms with Crippen molar-refractivity contribution < 1.29 is 18.7 Å². The van der Waals surface area contributed by atoms with E-state index in [9.17, 15) is 4.79 Å². The molecule has 1 N–H and O–H groups in total. The summed E-state index contributed by atoms with van der Waals surface area (Å²) in [6, 6.07) is 16.7. The van der Waals surface area contributed by atoms with Crippen LogP contribution in [0.2, 0.25) is 0 Å². The Morgan fingerprint density at radius 1 is 1.14 bits per heavy atom. The van der Waals surface area contributed by atoms with Crippen LogP contribution in [0.3, 0.4) is 0 Å². The number of benzene rings is 1. The van der Waals surface area contributed by atoms with Gasteiger partial charge >= 0.3 is 5.97 Å². The second-order valence-corrected chi connectivity index (χ2v) is 8.94. The first-order valence-corrected chi connectivity index (χ1v) is 12.1. The fourth-order valence-corrected chi connectivity index (χ4v) is 4.95. The molecule has 0 amide bonds. The number of morpholine rings is 1. The molecule has 0 unspecified atom stereocenters. The van der Waals surface area contributed by atoms with Crippen LogP contribution in [0, 0.1) is 0 Å². The molecule has 0 bridgehead atoms. The molecule has 182 valence electrons. The number of carbonyl (C=O) groups excluding carboxylic acids is 1. The maximum Gasteiger partial charge on any atom is 0.337 e. The Bertz CT molecular complexity index is 1180. The first-order valence-electron chi connectivity index (χ1n) is 11.7. The summed E-state index contributed by atoms with van der Waals surface area (Å²) in [6.45, 7) is 5.00. The van der Waals surface area contributed by atoms with Crippen LogP contribution in [0.5, 0.6) is 0 Å². The molecule has 2 aliphatic heterocycles. The predicted molar refractivity (Wildman–Crippen MR) is 135 cm³/mol. The topological polar surface area (TPSA) is 80.1 Å². The maximum absolute atomic E-state index is 12.0. The van der Waals surface area contributed by atoms with Gasteiger partial charge in [0.15, 0.2) is 5.11 Å². The van der Waals surface area contributed by atoms with E-state index in [0.717, 1.165) is 56.4 Å². The van der Waals surface area contributed by atoms with Crippen molar-refractivity contribution in [3.8, 4) is 11.3 Å². The third-order valence-corrected chi connectivity index (χ3v) is 6.80. The van der Waals surface area contributed by atoms with E-state index in [2.05, 4.69) is 20.1 Å². The van der Waals surface area contributed by atoms with Gasteiger partial charge in [0.05, 0.1) is 37.6 Å². The molecule has 4 heterocycles. The highest BCUT2D eigenvalue weighted by molar-refractivity contribution is 7.80. The number of nitrogens with one attached hydrogen (secondary N) is 1. The second-order valence-electron chi connectivity index (χ2n) is 8.55. The van der Waals surface area contributed by atoms with Crippen molar-refractivity contribution in [1.29, 1.82) is 0 Å². The Labute approximate surface area is 209 Å². The van der Waals surface area contributed by atoms with Crippen LogP contribution in [0.4, 0.5) is 0 Å². The average molecular weight is 493 g/mol. The first kappa shape index (κ1) is 23.5. The molecular weight excluding hydrogens is 464 g/mol. The lowest BCUT2D eigenvalue weighted by molar-refractivity contribution is 0.0347. The van der Waals surface area contributed by atoms with Crippen molar-refractivity contribution >= 4 is 23.3 Å². The molecule has 2 aliphatic rings. The molecule has 3 aromatic rings. The SMILES string of the molecule is COC(=O)c1cccc(-c2ccc([C@H]3[C@H](c4ccccn4)NC(=S)N3CCN3CCOCC3)o2)c1. The van der Waals surface area contributed by atoms with E-state index >= 15 is 0 Å². The van der Waals surface area contributed by atoms with Crippen LogP contribution in [0.25, 0.3) is 11.3 Å². The zero-order valence-corrected chi connectivity index (χ0v) is 20.4. The zero-order valence-electron chi connectivity index (χ0n) is 19.6. The normalized spacial score (nSPS) is 20.6. The standard InChI is InChI=1S/C26H28N4O4S/c1-32-25(31)19-6-4-5-18(17-19)21-8-9-22(34-21)24-23(20-7-2-3-10-27-20)28-26(35)30(24)12-11-29-13-15-33-16-14-29/h2-10,17,23-24H,11-16H2,1H3,(H,28,35)/t23-,24-/m0/s1. The van der Waals surface area contributed by atoms with E-state index in [-0.39, 0.29) is 18.1 Å². The van der Waals surface area contributed by atoms with Gasteiger partial charge in [-0.15, -0.1) is 0 Å². The van der Waals surface area contributed by atoms with Gasteiger partial charge in [-0.25, -0.2) is 4.79 Å². The Morgan fingerprint density at radius 2 is 2.00 bits per heavy atom. The molecule has 9 heteroatoms. The van der Waals surface area contributed by atoms with Gasteiger partial charge in [0, 0.05) is 37.9 Å². The number of thiocarbonyl (C=S) groups is 1. The molecule has 5 rings (SSSR count). The van der Waals surface area contributed by atoms with Gasteiger partial charge in [-0.1, -0.05) is 18.2 Å². The fourth-order valence-electron chi connectivity index (χ4n) is 4.61. The van der Waals surface area contributed by atoms with Crippen molar-refractivity contribution in [2.24, 2.45) is 0 Å². The monoisotopic (exact) mass is 492 g/mol. The number of hydrogen-bond donors (Lipinski definition) is 1. The van der Waals surface area contributed by atoms with Crippen molar-refractivity contribution in [3.63, 3.8) is 0 Å². The minimum atomic E-state index is -0.381. The predicted octanol–water partition coefficient (Wildman–Crippen LogP) is 3.43. The molecular formula is C26H28N4O4S. The van der Waals surface area contributed by atoms with E-state index in [4.69, 9.17) is 26.1 Å². The quantitative estimate of drug-likeness (QED) is 0.394. The van der Waals surface area contributed by atoms with Crippen molar-refractivity contribution in [3.05, 3.63) is 77.8 Å². The molecule has 0 spiro atoms. The minimum Gasteiger partial charge on any atom is -0.465 e. The minimum absolute atomic E-state index is 0.145. The summed E-state index contributed by atoms with van der Waals surface area (Å²) >= 11 is 5.77. The third kappa shape index (κ3) is 5.07. The summed E-state index contributed by atoms with van der Waals surface area (Å²) in [5, 5.41) is 4.15. The molecule has 0 aliphatic carbocycles. The van der Waals surface area contributed by atoms with Crippen LogP contribution in [-0.2, 0) is 9.47 Å². The van der Waals surface area contributed by atoms with Crippen LogP contribution in [0.15, 0.2) is 65.2 Å². The average Bonchev–Trinajstić information content (AvgIpc) is 3.52. The van der Waals surface area contributed by atoms with Crippen LogP contribution in [-0.4, -0.2) is 72.4 Å². The van der Waals surface area contributed by atoms with Gasteiger partial charge in [0.1, 0.15) is 17.6 Å². The number of rotatable bonds is 7. The fraction of sp³-hybridized carbons (Fsp3) is 0.346.